The SMILES string of the molecule is COc1ccc(-n2cnn(CN3CCc4sccc4C3)c2=S)cc1. The zero-order valence-corrected chi connectivity index (χ0v) is 15.0. The molecular weight excluding hydrogens is 340 g/mol. The third kappa shape index (κ3) is 2.90. The quantitative estimate of drug-likeness (QED) is 0.669. The number of methoxy groups -OCH3 is 1. The molecule has 1 aromatic carbocycles. The lowest BCUT2D eigenvalue weighted by Crippen LogP contribution is -2.32. The minimum atomic E-state index is 0.705. The summed E-state index contributed by atoms with van der Waals surface area (Å²) in [6, 6.07) is 10.0. The first-order valence-electron chi connectivity index (χ1n) is 7.81. The van der Waals surface area contributed by atoms with Crippen LogP contribution in [0.3, 0.4) is 0 Å². The van der Waals surface area contributed by atoms with E-state index in [-0.39, 0.29) is 0 Å². The highest BCUT2D eigenvalue weighted by Crippen LogP contribution is 2.24. The molecule has 0 saturated heterocycles. The molecule has 0 unspecified atom stereocenters. The number of hydrogen-bond acceptors (Lipinski definition) is 5. The van der Waals surface area contributed by atoms with Crippen molar-refractivity contribution in [1.82, 2.24) is 19.2 Å². The van der Waals surface area contributed by atoms with E-state index in [1.165, 1.54) is 10.4 Å². The fourth-order valence-corrected chi connectivity index (χ4v) is 4.12. The van der Waals surface area contributed by atoms with Crippen LogP contribution in [0.25, 0.3) is 5.69 Å². The Balaban J connectivity index is 1.53. The highest BCUT2D eigenvalue weighted by atomic mass is 32.1. The van der Waals surface area contributed by atoms with Crippen LogP contribution in [-0.4, -0.2) is 32.9 Å². The van der Waals surface area contributed by atoms with Gasteiger partial charge in [-0.1, -0.05) is 0 Å². The molecule has 3 aromatic rings. The molecule has 0 saturated carbocycles. The van der Waals surface area contributed by atoms with E-state index in [1.54, 1.807) is 13.4 Å². The lowest BCUT2D eigenvalue weighted by molar-refractivity contribution is 0.189. The second kappa shape index (κ2) is 6.51. The molecule has 0 spiro atoms. The summed E-state index contributed by atoms with van der Waals surface area (Å²) in [6.45, 7) is 2.73. The first-order chi connectivity index (χ1) is 11.7. The molecule has 0 aliphatic carbocycles. The van der Waals surface area contributed by atoms with Gasteiger partial charge in [0.25, 0.3) is 0 Å². The summed E-state index contributed by atoms with van der Waals surface area (Å²) < 4.78 is 9.72. The summed E-state index contributed by atoms with van der Waals surface area (Å²) in [7, 11) is 1.66. The Hall–Kier alpha value is -1.96. The zero-order valence-electron chi connectivity index (χ0n) is 13.4. The fraction of sp³-hybridized carbons (Fsp3) is 0.294. The molecule has 0 bridgehead atoms. The number of nitrogens with zero attached hydrogens (tertiary/aromatic N) is 4. The summed E-state index contributed by atoms with van der Waals surface area (Å²) in [5.41, 5.74) is 2.43. The minimum Gasteiger partial charge on any atom is -0.497 e. The van der Waals surface area contributed by atoms with Gasteiger partial charge in [-0.05, 0) is 59.9 Å². The summed E-state index contributed by atoms with van der Waals surface area (Å²) in [6.07, 6.45) is 2.89. The van der Waals surface area contributed by atoms with Gasteiger partial charge in [-0.2, -0.15) is 5.10 Å². The van der Waals surface area contributed by atoms with E-state index >= 15 is 0 Å². The number of rotatable bonds is 4. The number of benzene rings is 1. The predicted octanol–water partition coefficient (Wildman–Crippen LogP) is 3.49. The van der Waals surface area contributed by atoms with Crippen molar-refractivity contribution in [3.63, 3.8) is 0 Å². The predicted molar refractivity (Wildman–Crippen MR) is 97.4 cm³/mol. The molecule has 0 amide bonds. The van der Waals surface area contributed by atoms with Gasteiger partial charge >= 0.3 is 0 Å². The molecule has 1 aliphatic heterocycles. The Morgan fingerprint density at radius 3 is 2.88 bits per heavy atom. The van der Waals surface area contributed by atoms with Crippen molar-refractivity contribution in [3.05, 3.63) is 57.3 Å². The second-order valence-electron chi connectivity index (χ2n) is 5.79. The Morgan fingerprint density at radius 1 is 1.25 bits per heavy atom. The van der Waals surface area contributed by atoms with E-state index in [2.05, 4.69) is 21.4 Å². The van der Waals surface area contributed by atoms with Gasteiger partial charge in [0.05, 0.1) is 13.8 Å². The first-order valence-corrected chi connectivity index (χ1v) is 9.10. The lowest BCUT2D eigenvalue weighted by atomic mass is 10.1. The van der Waals surface area contributed by atoms with Crippen molar-refractivity contribution in [2.24, 2.45) is 0 Å². The molecule has 5 nitrogen and oxygen atoms in total. The summed E-state index contributed by atoms with van der Waals surface area (Å²) >= 11 is 7.46. The second-order valence-corrected chi connectivity index (χ2v) is 7.16. The van der Waals surface area contributed by atoms with Gasteiger partial charge in [0, 0.05) is 23.7 Å². The van der Waals surface area contributed by atoms with Crippen LogP contribution >= 0.6 is 23.6 Å². The van der Waals surface area contributed by atoms with Gasteiger partial charge in [-0.3, -0.25) is 9.47 Å². The number of hydrogen-bond donors (Lipinski definition) is 0. The molecule has 1 aliphatic rings. The topological polar surface area (TPSA) is 35.2 Å². The molecular formula is C17H18N4OS2. The standard InChI is InChI=1S/C17H18N4OS2/c1-22-15-4-2-14(3-5-15)20-11-18-21(17(20)23)12-19-8-6-16-13(10-19)7-9-24-16/h2-5,7,9,11H,6,8,10,12H2,1H3. The van der Waals surface area contributed by atoms with E-state index in [1.807, 2.05) is 44.9 Å². The van der Waals surface area contributed by atoms with E-state index in [0.717, 1.165) is 37.6 Å². The van der Waals surface area contributed by atoms with Gasteiger partial charge < -0.3 is 4.74 Å². The van der Waals surface area contributed by atoms with Crippen LogP contribution in [0, 0.1) is 4.77 Å². The Labute approximate surface area is 149 Å². The number of thiophene rings is 1. The van der Waals surface area contributed by atoms with Crippen LogP contribution in [0.15, 0.2) is 42.0 Å². The van der Waals surface area contributed by atoms with Crippen molar-refractivity contribution in [3.8, 4) is 11.4 Å². The molecule has 3 heterocycles. The van der Waals surface area contributed by atoms with Crippen LogP contribution in [0.5, 0.6) is 5.75 Å². The molecule has 124 valence electrons. The zero-order chi connectivity index (χ0) is 16.5. The number of ether oxygens (including phenoxy) is 1. The molecule has 0 atom stereocenters. The van der Waals surface area contributed by atoms with Crippen molar-refractivity contribution >= 4 is 23.6 Å². The average Bonchev–Trinajstić information content (AvgIpc) is 3.22. The molecule has 4 rings (SSSR count). The van der Waals surface area contributed by atoms with Gasteiger partial charge in [0.15, 0.2) is 0 Å². The largest absolute Gasteiger partial charge is 0.497 e. The van der Waals surface area contributed by atoms with E-state index in [4.69, 9.17) is 17.0 Å². The summed E-state index contributed by atoms with van der Waals surface area (Å²) in [5.74, 6) is 0.831. The maximum Gasteiger partial charge on any atom is 0.203 e. The van der Waals surface area contributed by atoms with Gasteiger partial charge in [0.2, 0.25) is 4.77 Å². The molecule has 7 heteroatoms. The van der Waals surface area contributed by atoms with Crippen LogP contribution in [0.2, 0.25) is 0 Å². The molecule has 24 heavy (non-hydrogen) atoms. The maximum absolute atomic E-state index is 5.61. The van der Waals surface area contributed by atoms with E-state index < -0.39 is 0 Å². The lowest BCUT2D eigenvalue weighted by Gasteiger charge is -2.26. The molecule has 0 fully saturated rings. The van der Waals surface area contributed by atoms with Crippen LogP contribution in [0.1, 0.15) is 10.4 Å². The third-order valence-corrected chi connectivity index (χ3v) is 5.74. The normalized spacial score (nSPS) is 14.5. The maximum atomic E-state index is 5.61. The van der Waals surface area contributed by atoms with Crippen molar-refractivity contribution in [2.75, 3.05) is 13.7 Å². The Bertz CT molecular complexity index is 894. The monoisotopic (exact) mass is 358 g/mol. The van der Waals surface area contributed by atoms with Crippen LogP contribution in [0.4, 0.5) is 0 Å². The fourth-order valence-electron chi connectivity index (χ4n) is 2.97. The van der Waals surface area contributed by atoms with Crippen molar-refractivity contribution in [1.29, 1.82) is 0 Å². The minimum absolute atomic E-state index is 0.705. The first kappa shape index (κ1) is 15.6. The van der Waals surface area contributed by atoms with Crippen molar-refractivity contribution in [2.45, 2.75) is 19.6 Å². The summed E-state index contributed by atoms with van der Waals surface area (Å²) in [4.78, 5) is 3.90. The molecule has 0 N–H and O–H groups in total. The third-order valence-electron chi connectivity index (χ3n) is 4.30. The summed E-state index contributed by atoms with van der Waals surface area (Å²) in [5, 5.41) is 6.66. The van der Waals surface area contributed by atoms with Crippen molar-refractivity contribution < 1.29 is 4.74 Å². The van der Waals surface area contributed by atoms with Crippen LogP contribution in [-0.2, 0) is 19.6 Å². The Kier molecular flexibility index (Phi) is 4.22. The van der Waals surface area contributed by atoms with Crippen LogP contribution < -0.4 is 4.74 Å². The average molecular weight is 358 g/mol. The number of fused-ring (bicyclic) bond motifs is 1. The van der Waals surface area contributed by atoms with E-state index in [0.29, 0.717) is 4.77 Å². The van der Waals surface area contributed by atoms with Gasteiger partial charge in [-0.15, -0.1) is 11.3 Å². The smallest absolute Gasteiger partial charge is 0.203 e. The Morgan fingerprint density at radius 2 is 2.08 bits per heavy atom. The molecule has 0 radical (unpaired) electrons. The highest BCUT2D eigenvalue weighted by molar-refractivity contribution is 7.71. The highest BCUT2D eigenvalue weighted by Gasteiger charge is 2.18. The van der Waals surface area contributed by atoms with E-state index in [9.17, 15) is 0 Å². The molecule has 2 aromatic heterocycles. The number of aromatic nitrogens is 3. The van der Waals surface area contributed by atoms with Gasteiger partial charge in [-0.25, -0.2) is 4.68 Å². The van der Waals surface area contributed by atoms with Gasteiger partial charge in [0.1, 0.15) is 12.1 Å².